The van der Waals surface area contributed by atoms with Crippen LogP contribution in [0.1, 0.15) is 32.7 Å². The van der Waals surface area contributed by atoms with Crippen molar-refractivity contribution in [2.45, 2.75) is 13.3 Å². The van der Waals surface area contributed by atoms with E-state index in [1.807, 2.05) is 14.0 Å². The summed E-state index contributed by atoms with van der Waals surface area (Å²) in [6, 6.07) is 10.8. The molecule has 0 atom stereocenters. The molecular weight excluding hydrogens is 357 g/mol. The molecule has 0 fully saturated rings. The monoisotopic (exact) mass is 379 g/mol. The molecule has 2 aromatic carbocycles. The Hall–Kier alpha value is -2.44. The molecule has 2 rings (SSSR count). The van der Waals surface area contributed by atoms with Crippen LogP contribution < -0.4 is 16.0 Å². The molecule has 7 heteroatoms. The molecule has 0 aliphatic carbocycles. The molecule has 0 radical (unpaired) electrons. The summed E-state index contributed by atoms with van der Waals surface area (Å²) in [7, 11) is 1.85. The van der Waals surface area contributed by atoms with Crippen LogP contribution >= 0.6 is 12.4 Å². The number of hydrogen-bond donors (Lipinski definition) is 3. The van der Waals surface area contributed by atoms with Crippen molar-refractivity contribution in [1.82, 2.24) is 10.6 Å². The zero-order chi connectivity index (χ0) is 18.2. The van der Waals surface area contributed by atoms with E-state index < -0.39 is 11.7 Å². The van der Waals surface area contributed by atoms with Crippen LogP contribution in [0.25, 0.3) is 0 Å². The van der Waals surface area contributed by atoms with Gasteiger partial charge in [-0.1, -0.05) is 18.2 Å². The van der Waals surface area contributed by atoms with Gasteiger partial charge in [-0.05, 0) is 56.8 Å². The SMILES string of the molecule is CNCCCNC(=O)c1ccc(C)c(NC(=O)c2ccccc2F)c1.Cl. The van der Waals surface area contributed by atoms with Gasteiger partial charge in [-0.2, -0.15) is 0 Å². The quantitative estimate of drug-likeness (QED) is 0.647. The molecule has 3 N–H and O–H groups in total. The maximum Gasteiger partial charge on any atom is 0.258 e. The Morgan fingerprint density at radius 1 is 1.04 bits per heavy atom. The highest BCUT2D eigenvalue weighted by atomic mass is 35.5. The van der Waals surface area contributed by atoms with Crippen molar-refractivity contribution < 1.29 is 14.0 Å². The van der Waals surface area contributed by atoms with E-state index in [0.29, 0.717) is 17.8 Å². The van der Waals surface area contributed by atoms with E-state index in [1.54, 1.807) is 24.3 Å². The maximum atomic E-state index is 13.7. The van der Waals surface area contributed by atoms with Gasteiger partial charge in [-0.15, -0.1) is 12.4 Å². The zero-order valence-corrected chi connectivity index (χ0v) is 15.6. The van der Waals surface area contributed by atoms with E-state index in [-0.39, 0.29) is 23.9 Å². The first-order valence-electron chi connectivity index (χ1n) is 8.12. The number of nitrogens with one attached hydrogen (secondary N) is 3. The van der Waals surface area contributed by atoms with Crippen LogP contribution in [0.2, 0.25) is 0 Å². The van der Waals surface area contributed by atoms with E-state index in [0.717, 1.165) is 18.5 Å². The second kappa shape index (κ2) is 10.5. The topological polar surface area (TPSA) is 70.2 Å². The first-order chi connectivity index (χ1) is 12.0. The van der Waals surface area contributed by atoms with Crippen molar-refractivity contribution in [3.8, 4) is 0 Å². The molecule has 5 nitrogen and oxygen atoms in total. The molecule has 0 bridgehead atoms. The number of hydrogen-bond acceptors (Lipinski definition) is 3. The lowest BCUT2D eigenvalue weighted by atomic mass is 10.1. The standard InChI is InChI=1S/C19H22FN3O2.ClH/c1-13-8-9-14(18(24)22-11-5-10-21-2)12-17(13)23-19(25)15-6-3-4-7-16(15)20;/h3-4,6-9,12,21H,5,10-11H2,1-2H3,(H,22,24)(H,23,25);1H. The third-order valence-electron chi connectivity index (χ3n) is 3.76. The molecule has 0 saturated heterocycles. The second-order valence-corrected chi connectivity index (χ2v) is 5.68. The Labute approximate surface area is 158 Å². The lowest BCUT2D eigenvalue weighted by Gasteiger charge is -2.11. The summed E-state index contributed by atoms with van der Waals surface area (Å²) in [4.78, 5) is 24.4. The molecule has 0 aliphatic heterocycles. The molecule has 0 unspecified atom stereocenters. The van der Waals surface area contributed by atoms with Crippen LogP contribution in [0.4, 0.5) is 10.1 Å². The van der Waals surface area contributed by atoms with Crippen molar-refractivity contribution in [3.63, 3.8) is 0 Å². The van der Waals surface area contributed by atoms with E-state index in [4.69, 9.17) is 0 Å². The van der Waals surface area contributed by atoms with Crippen LogP contribution in [-0.2, 0) is 0 Å². The second-order valence-electron chi connectivity index (χ2n) is 5.68. The number of rotatable bonds is 7. The zero-order valence-electron chi connectivity index (χ0n) is 14.8. The highest BCUT2D eigenvalue weighted by molar-refractivity contribution is 6.05. The predicted molar refractivity (Wildman–Crippen MR) is 104 cm³/mol. The van der Waals surface area contributed by atoms with Crippen molar-refractivity contribution in [3.05, 3.63) is 65.0 Å². The van der Waals surface area contributed by atoms with Crippen molar-refractivity contribution in [2.75, 3.05) is 25.5 Å². The molecule has 140 valence electrons. The number of carbonyl (C=O) groups excluding carboxylic acids is 2. The van der Waals surface area contributed by atoms with Gasteiger partial charge in [0.25, 0.3) is 11.8 Å². The Morgan fingerprint density at radius 2 is 1.77 bits per heavy atom. The fourth-order valence-corrected chi connectivity index (χ4v) is 2.30. The van der Waals surface area contributed by atoms with Crippen LogP contribution in [0, 0.1) is 12.7 Å². The Balaban J connectivity index is 0.00000338. The van der Waals surface area contributed by atoms with Crippen LogP contribution in [0.15, 0.2) is 42.5 Å². The summed E-state index contributed by atoms with van der Waals surface area (Å²) in [6.45, 7) is 3.19. The first kappa shape index (κ1) is 21.6. The Bertz CT molecular complexity index is 768. The van der Waals surface area contributed by atoms with Gasteiger partial charge in [0.2, 0.25) is 0 Å². The van der Waals surface area contributed by atoms with Gasteiger partial charge in [-0.25, -0.2) is 4.39 Å². The van der Waals surface area contributed by atoms with Crippen LogP contribution in [0.3, 0.4) is 0 Å². The van der Waals surface area contributed by atoms with Crippen LogP contribution in [-0.4, -0.2) is 32.0 Å². The third-order valence-corrected chi connectivity index (χ3v) is 3.76. The average Bonchev–Trinajstić information content (AvgIpc) is 2.60. The van der Waals surface area contributed by atoms with Crippen LogP contribution in [0.5, 0.6) is 0 Å². The Morgan fingerprint density at radius 3 is 2.46 bits per heavy atom. The molecular formula is C19H23ClFN3O2. The lowest BCUT2D eigenvalue weighted by Crippen LogP contribution is -2.26. The number of benzene rings is 2. The highest BCUT2D eigenvalue weighted by Gasteiger charge is 2.14. The lowest BCUT2D eigenvalue weighted by molar-refractivity contribution is 0.0951. The van der Waals surface area contributed by atoms with Crippen molar-refractivity contribution >= 4 is 29.9 Å². The van der Waals surface area contributed by atoms with E-state index in [9.17, 15) is 14.0 Å². The van der Waals surface area contributed by atoms with Crippen molar-refractivity contribution in [2.24, 2.45) is 0 Å². The summed E-state index contributed by atoms with van der Waals surface area (Å²) in [5, 5.41) is 8.50. The maximum absolute atomic E-state index is 13.7. The average molecular weight is 380 g/mol. The van der Waals surface area contributed by atoms with Gasteiger partial charge in [-0.3, -0.25) is 9.59 Å². The summed E-state index contributed by atoms with van der Waals surface area (Å²) in [5.74, 6) is -1.35. The normalized spacial score (nSPS) is 9.96. The van der Waals surface area contributed by atoms with Gasteiger partial charge >= 0.3 is 0 Å². The van der Waals surface area contributed by atoms with E-state index in [1.165, 1.54) is 18.2 Å². The fourth-order valence-electron chi connectivity index (χ4n) is 2.30. The highest BCUT2D eigenvalue weighted by Crippen LogP contribution is 2.19. The summed E-state index contributed by atoms with van der Waals surface area (Å²) < 4.78 is 13.7. The van der Waals surface area contributed by atoms with Gasteiger partial charge < -0.3 is 16.0 Å². The summed E-state index contributed by atoms with van der Waals surface area (Å²) in [5.41, 5.74) is 1.68. The largest absolute Gasteiger partial charge is 0.352 e. The minimum absolute atomic E-state index is 0. The first-order valence-corrected chi connectivity index (χ1v) is 8.12. The predicted octanol–water partition coefficient (Wildman–Crippen LogP) is 3.15. The molecule has 2 amide bonds. The smallest absolute Gasteiger partial charge is 0.258 e. The molecule has 0 spiro atoms. The number of carbonyl (C=O) groups is 2. The van der Waals surface area contributed by atoms with Gasteiger partial charge in [0.1, 0.15) is 5.82 Å². The number of aryl methyl sites for hydroxylation is 1. The number of amides is 2. The summed E-state index contributed by atoms with van der Waals surface area (Å²) >= 11 is 0. The minimum Gasteiger partial charge on any atom is -0.352 e. The Kier molecular flexibility index (Phi) is 8.75. The minimum atomic E-state index is -0.587. The summed E-state index contributed by atoms with van der Waals surface area (Å²) in [6.07, 6.45) is 0.824. The molecule has 26 heavy (non-hydrogen) atoms. The third kappa shape index (κ3) is 5.82. The van der Waals surface area contributed by atoms with Gasteiger partial charge in [0, 0.05) is 17.8 Å². The molecule has 2 aromatic rings. The molecule has 0 aromatic heterocycles. The molecule has 0 heterocycles. The van der Waals surface area contributed by atoms with Crippen molar-refractivity contribution in [1.29, 1.82) is 0 Å². The van der Waals surface area contributed by atoms with E-state index in [2.05, 4.69) is 16.0 Å². The van der Waals surface area contributed by atoms with Gasteiger partial charge in [0.15, 0.2) is 0 Å². The molecule has 0 aliphatic rings. The van der Waals surface area contributed by atoms with Gasteiger partial charge in [0.05, 0.1) is 5.56 Å². The fraction of sp³-hybridized carbons (Fsp3) is 0.263. The number of halogens is 2. The van der Waals surface area contributed by atoms with E-state index >= 15 is 0 Å². The molecule has 0 saturated carbocycles. The number of anilines is 1.